The highest BCUT2D eigenvalue weighted by Crippen LogP contribution is 2.16. The number of nitrogens with two attached hydrogens (primary N) is 1. The summed E-state index contributed by atoms with van der Waals surface area (Å²) in [6.07, 6.45) is 0. The Morgan fingerprint density at radius 3 is 2.44 bits per heavy atom. The van der Waals surface area contributed by atoms with Crippen LogP contribution in [0.2, 0.25) is 0 Å². The molecule has 2 aromatic rings. The van der Waals surface area contributed by atoms with E-state index < -0.39 is 6.03 Å². The lowest BCUT2D eigenvalue weighted by atomic mass is 10.1. The molecule has 132 valence electrons. The number of benzene rings is 2. The van der Waals surface area contributed by atoms with Crippen molar-refractivity contribution in [3.63, 3.8) is 0 Å². The van der Waals surface area contributed by atoms with Crippen LogP contribution in [0, 0.1) is 6.92 Å². The number of rotatable bonds is 7. The molecular formula is C19H23N3O3. The summed E-state index contributed by atoms with van der Waals surface area (Å²) < 4.78 is 5.72. The van der Waals surface area contributed by atoms with Crippen molar-refractivity contribution in [3.8, 4) is 5.75 Å². The van der Waals surface area contributed by atoms with Gasteiger partial charge in [0.2, 0.25) is 0 Å². The van der Waals surface area contributed by atoms with Crippen molar-refractivity contribution in [2.75, 3.05) is 20.2 Å². The van der Waals surface area contributed by atoms with Gasteiger partial charge in [0.25, 0.3) is 5.91 Å². The highest BCUT2D eigenvalue weighted by molar-refractivity contribution is 5.94. The molecule has 3 amide bonds. The van der Waals surface area contributed by atoms with Crippen LogP contribution < -0.4 is 15.8 Å². The van der Waals surface area contributed by atoms with Gasteiger partial charge in [-0.1, -0.05) is 30.3 Å². The molecule has 0 bridgehead atoms. The summed E-state index contributed by atoms with van der Waals surface area (Å²) in [5.74, 6) is 0.748. The molecule has 0 aliphatic carbocycles. The number of urea groups is 1. The second kappa shape index (κ2) is 8.73. The van der Waals surface area contributed by atoms with Crippen molar-refractivity contribution in [3.05, 3.63) is 65.2 Å². The Bertz CT molecular complexity index is 729. The molecule has 0 radical (unpaired) electrons. The first-order valence-electron chi connectivity index (χ1n) is 8.03. The zero-order valence-corrected chi connectivity index (χ0v) is 14.5. The van der Waals surface area contributed by atoms with E-state index in [1.54, 1.807) is 36.2 Å². The molecule has 2 rings (SSSR count). The van der Waals surface area contributed by atoms with Gasteiger partial charge in [-0.25, -0.2) is 4.79 Å². The van der Waals surface area contributed by atoms with Gasteiger partial charge in [0, 0.05) is 19.2 Å². The predicted molar refractivity (Wildman–Crippen MR) is 96.5 cm³/mol. The number of nitrogens with one attached hydrogen (secondary N) is 1. The van der Waals surface area contributed by atoms with Gasteiger partial charge in [0.1, 0.15) is 12.4 Å². The van der Waals surface area contributed by atoms with E-state index in [1.165, 1.54) is 0 Å². The summed E-state index contributed by atoms with van der Waals surface area (Å²) in [5, 5.41) is 2.51. The van der Waals surface area contributed by atoms with E-state index in [2.05, 4.69) is 5.32 Å². The quantitative estimate of drug-likeness (QED) is 0.810. The fraction of sp³-hybridized carbons (Fsp3) is 0.263. The number of aryl methyl sites for hydroxylation is 1. The molecule has 0 aliphatic rings. The van der Waals surface area contributed by atoms with Gasteiger partial charge in [-0.3, -0.25) is 4.79 Å². The summed E-state index contributed by atoms with van der Waals surface area (Å²) in [6.45, 7) is 3.23. The fourth-order valence-electron chi connectivity index (χ4n) is 2.29. The van der Waals surface area contributed by atoms with Crippen LogP contribution in [0.3, 0.4) is 0 Å². The van der Waals surface area contributed by atoms with Gasteiger partial charge < -0.3 is 20.7 Å². The first-order chi connectivity index (χ1) is 12.0. The minimum Gasteiger partial charge on any atom is -0.491 e. The van der Waals surface area contributed by atoms with Crippen molar-refractivity contribution < 1.29 is 14.3 Å². The van der Waals surface area contributed by atoms with Crippen molar-refractivity contribution in [1.29, 1.82) is 0 Å². The number of primary amides is 1. The molecule has 0 heterocycles. The first kappa shape index (κ1) is 18.3. The van der Waals surface area contributed by atoms with Crippen molar-refractivity contribution in [1.82, 2.24) is 10.2 Å². The van der Waals surface area contributed by atoms with Crippen molar-refractivity contribution in [2.45, 2.75) is 13.5 Å². The molecule has 0 aromatic heterocycles. The zero-order chi connectivity index (χ0) is 18.2. The predicted octanol–water partition coefficient (Wildman–Crippen LogP) is 2.31. The van der Waals surface area contributed by atoms with Gasteiger partial charge in [-0.15, -0.1) is 0 Å². The normalized spacial score (nSPS) is 10.2. The monoisotopic (exact) mass is 341 g/mol. The van der Waals surface area contributed by atoms with E-state index >= 15 is 0 Å². The number of hydrogen-bond donors (Lipinski definition) is 2. The maximum absolute atomic E-state index is 12.4. The lowest BCUT2D eigenvalue weighted by Gasteiger charge is -2.18. The Kier molecular flexibility index (Phi) is 6.39. The molecule has 0 spiro atoms. The third-order valence-electron chi connectivity index (χ3n) is 3.79. The minimum atomic E-state index is -0.575. The van der Waals surface area contributed by atoms with E-state index in [0.717, 1.165) is 16.9 Å². The molecule has 6 nitrogen and oxygen atoms in total. The second-order valence-corrected chi connectivity index (χ2v) is 5.76. The van der Waals surface area contributed by atoms with Crippen LogP contribution >= 0.6 is 0 Å². The lowest BCUT2D eigenvalue weighted by Crippen LogP contribution is -2.31. The standard InChI is InChI=1S/C19H23N3O3/c1-14-5-3-4-6-17(14)25-12-11-22(2)18(23)16-9-7-15(8-10-16)13-21-19(20)24/h3-10H,11-13H2,1-2H3,(H3,20,21,24). The zero-order valence-electron chi connectivity index (χ0n) is 14.5. The van der Waals surface area contributed by atoms with E-state index in [1.807, 2.05) is 31.2 Å². The number of ether oxygens (including phenoxy) is 1. The molecule has 25 heavy (non-hydrogen) atoms. The Morgan fingerprint density at radius 2 is 1.80 bits per heavy atom. The summed E-state index contributed by atoms with van der Waals surface area (Å²) in [6, 6.07) is 14.3. The second-order valence-electron chi connectivity index (χ2n) is 5.76. The van der Waals surface area contributed by atoms with Gasteiger partial charge in [-0.2, -0.15) is 0 Å². The molecular weight excluding hydrogens is 318 g/mol. The number of amides is 3. The third-order valence-corrected chi connectivity index (χ3v) is 3.79. The number of para-hydroxylation sites is 1. The summed E-state index contributed by atoms with van der Waals surface area (Å²) in [7, 11) is 1.74. The van der Waals surface area contributed by atoms with E-state index in [-0.39, 0.29) is 5.91 Å². The number of carbonyl (C=O) groups is 2. The van der Waals surface area contributed by atoms with Gasteiger partial charge in [-0.05, 0) is 36.2 Å². The van der Waals surface area contributed by atoms with Crippen molar-refractivity contribution in [2.24, 2.45) is 5.73 Å². The highest BCUT2D eigenvalue weighted by atomic mass is 16.5. The Morgan fingerprint density at radius 1 is 1.12 bits per heavy atom. The topological polar surface area (TPSA) is 84.7 Å². The third kappa shape index (κ3) is 5.53. The summed E-state index contributed by atoms with van der Waals surface area (Å²) in [5.41, 5.74) is 7.56. The molecule has 0 aliphatic heterocycles. The average Bonchev–Trinajstić information content (AvgIpc) is 2.61. The first-order valence-corrected chi connectivity index (χ1v) is 8.03. The lowest BCUT2D eigenvalue weighted by molar-refractivity contribution is 0.0773. The molecule has 0 saturated carbocycles. The van der Waals surface area contributed by atoms with Gasteiger partial charge in [0.15, 0.2) is 0 Å². The Balaban J connectivity index is 1.84. The molecule has 6 heteroatoms. The maximum atomic E-state index is 12.4. The molecule has 0 atom stereocenters. The SMILES string of the molecule is Cc1ccccc1OCCN(C)C(=O)c1ccc(CNC(N)=O)cc1. The Labute approximate surface area is 147 Å². The van der Waals surface area contributed by atoms with Gasteiger partial charge in [0.05, 0.1) is 6.54 Å². The van der Waals surface area contributed by atoms with E-state index in [9.17, 15) is 9.59 Å². The van der Waals surface area contributed by atoms with Crippen LogP contribution in [0.4, 0.5) is 4.79 Å². The molecule has 0 saturated heterocycles. The average molecular weight is 341 g/mol. The maximum Gasteiger partial charge on any atom is 0.312 e. The number of hydrogen-bond acceptors (Lipinski definition) is 3. The smallest absolute Gasteiger partial charge is 0.312 e. The largest absolute Gasteiger partial charge is 0.491 e. The van der Waals surface area contributed by atoms with Crippen LogP contribution in [0.1, 0.15) is 21.5 Å². The Hall–Kier alpha value is -3.02. The number of carbonyl (C=O) groups excluding carboxylic acids is 2. The van der Waals surface area contributed by atoms with Crippen LogP contribution in [-0.4, -0.2) is 37.0 Å². The van der Waals surface area contributed by atoms with Crippen LogP contribution in [0.15, 0.2) is 48.5 Å². The molecule has 0 fully saturated rings. The van der Waals surface area contributed by atoms with Crippen LogP contribution in [0.25, 0.3) is 0 Å². The highest BCUT2D eigenvalue weighted by Gasteiger charge is 2.11. The van der Waals surface area contributed by atoms with E-state index in [4.69, 9.17) is 10.5 Å². The molecule has 3 N–H and O–H groups in total. The van der Waals surface area contributed by atoms with Gasteiger partial charge >= 0.3 is 6.03 Å². The molecule has 2 aromatic carbocycles. The van der Waals surface area contributed by atoms with E-state index in [0.29, 0.717) is 25.3 Å². The summed E-state index contributed by atoms with van der Waals surface area (Å²) in [4.78, 5) is 24.7. The van der Waals surface area contributed by atoms with Crippen LogP contribution in [0.5, 0.6) is 5.75 Å². The summed E-state index contributed by atoms with van der Waals surface area (Å²) >= 11 is 0. The fourth-order valence-corrected chi connectivity index (χ4v) is 2.29. The van der Waals surface area contributed by atoms with Crippen LogP contribution in [-0.2, 0) is 6.54 Å². The van der Waals surface area contributed by atoms with Crippen molar-refractivity contribution >= 4 is 11.9 Å². The number of nitrogens with zero attached hydrogens (tertiary/aromatic N) is 1. The molecule has 0 unspecified atom stereocenters. The minimum absolute atomic E-state index is 0.0807. The number of likely N-dealkylation sites (N-methyl/N-ethyl adjacent to an activating group) is 1.